The van der Waals surface area contributed by atoms with E-state index in [-0.39, 0.29) is 24.5 Å². The van der Waals surface area contributed by atoms with Gasteiger partial charge >= 0.3 is 18.1 Å². The smallest absolute Gasteiger partial charge is 0.471 e. The fourth-order valence-electron chi connectivity index (χ4n) is 5.50. The zero-order valence-corrected chi connectivity index (χ0v) is 24.6. The van der Waals surface area contributed by atoms with Gasteiger partial charge in [0.15, 0.2) is 0 Å². The number of alkyl halides is 3. The Morgan fingerprint density at radius 3 is 1.96 bits per heavy atom. The maximum absolute atomic E-state index is 15.7. The molecule has 0 heterocycles. The maximum atomic E-state index is 15.7. The summed E-state index contributed by atoms with van der Waals surface area (Å²) in [6.07, 6.45) is 0.264. The summed E-state index contributed by atoms with van der Waals surface area (Å²) in [6.45, 7) is -0.729. The standard InChI is InChI=1S/C36H33F4NO4/c37-31-20-30(34(42)45-24-27-12-6-2-7-13-27)33(44-23-26-10-4-1-5-11-26)21-32(31)41(35(43)36(38,39)40)22-25-16-18-29(19-17-25)28-14-8-3-9-15-28/h1-2,4-7,10-13,16-21,28H,3,8-9,14-15,22-24H2. The molecular weight excluding hydrogens is 586 g/mol. The molecule has 0 aliphatic heterocycles. The molecule has 1 amide bonds. The van der Waals surface area contributed by atoms with Crippen LogP contribution in [0.25, 0.3) is 0 Å². The fraction of sp³-hybridized carbons (Fsp3) is 0.278. The molecule has 5 nitrogen and oxygen atoms in total. The highest BCUT2D eigenvalue weighted by atomic mass is 19.4. The van der Waals surface area contributed by atoms with Crippen molar-refractivity contribution in [3.63, 3.8) is 0 Å². The third kappa shape index (κ3) is 8.29. The van der Waals surface area contributed by atoms with E-state index < -0.39 is 36.1 Å². The van der Waals surface area contributed by atoms with Crippen molar-refractivity contribution < 1.29 is 36.6 Å². The van der Waals surface area contributed by atoms with E-state index in [2.05, 4.69) is 0 Å². The van der Waals surface area contributed by atoms with Crippen LogP contribution < -0.4 is 9.64 Å². The number of carbonyl (C=O) groups excluding carboxylic acids is 2. The molecule has 234 valence electrons. The highest BCUT2D eigenvalue weighted by Gasteiger charge is 2.44. The van der Waals surface area contributed by atoms with Gasteiger partial charge in [-0.05, 0) is 47.1 Å². The summed E-state index contributed by atoms with van der Waals surface area (Å²) in [7, 11) is 0. The van der Waals surface area contributed by atoms with Gasteiger partial charge in [0.1, 0.15) is 30.3 Å². The van der Waals surface area contributed by atoms with E-state index >= 15 is 4.39 Å². The zero-order valence-electron chi connectivity index (χ0n) is 24.6. The Balaban J connectivity index is 1.47. The molecule has 1 saturated carbocycles. The van der Waals surface area contributed by atoms with E-state index in [0.717, 1.165) is 43.4 Å². The Hall–Kier alpha value is -4.66. The van der Waals surface area contributed by atoms with E-state index in [9.17, 15) is 22.8 Å². The molecule has 4 aromatic carbocycles. The molecule has 1 aliphatic carbocycles. The molecule has 0 N–H and O–H groups in total. The van der Waals surface area contributed by atoms with Gasteiger partial charge in [0.05, 0.1) is 12.2 Å². The van der Waals surface area contributed by atoms with Gasteiger partial charge in [-0.2, -0.15) is 13.2 Å². The van der Waals surface area contributed by atoms with Crippen LogP contribution in [-0.4, -0.2) is 18.1 Å². The number of esters is 1. The lowest BCUT2D eigenvalue weighted by molar-refractivity contribution is -0.170. The molecule has 9 heteroatoms. The van der Waals surface area contributed by atoms with Crippen molar-refractivity contribution in [2.45, 2.75) is 64.0 Å². The lowest BCUT2D eigenvalue weighted by Crippen LogP contribution is -2.41. The third-order valence-electron chi connectivity index (χ3n) is 7.89. The summed E-state index contributed by atoms with van der Waals surface area (Å²) in [5.74, 6) is -4.21. The lowest BCUT2D eigenvalue weighted by Gasteiger charge is -2.26. The van der Waals surface area contributed by atoms with Gasteiger partial charge in [0.2, 0.25) is 0 Å². The third-order valence-corrected chi connectivity index (χ3v) is 7.89. The Kier molecular flexibility index (Phi) is 10.2. The summed E-state index contributed by atoms with van der Waals surface area (Å²) in [6, 6.07) is 26.4. The van der Waals surface area contributed by atoms with Gasteiger partial charge in [0, 0.05) is 6.07 Å². The van der Waals surface area contributed by atoms with Crippen LogP contribution in [0.4, 0.5) is 23.2 Å². The quantitative estimate of drug-likeness (QED) is 0.131. The van der Waals surface area contributed by atoms with Crippen LogP contribution in [0.3, 0.4) is 0 Å². The minimum atomic E-state index is -5.28. The second kappa shape index (κ2) is 14.4. The number of anilines is 1. The Bertz CT molecular complexity index is 1590. The summed E-state index contributed by atoms with van der Waals surface area (Å²) in [5.41, 5.74) is 1.88. The van der Waals surface area contributed by atoms with E-state index in [1.807, 2.05) is 12.1 Å². The second-order valence-electron chi connectivity index (χ2n) is 11.1. The Morgan fingerprint density at radius 1 is 0.756 bits per heavy atom. The topological polar surface area (TPSA) is 55.8 Å². The number of hydrogen-bond donors (Lipinski definition) is 0. The summed E-state index contributed by atoms with van der Waals surface area (Å²) in [4.78, 5) is 26.1. The molecule has 0 spiro atoms. The van der Waals surface area contributed by atoms with E-state index in [1.165, 1.54) is 6.42 Å². The highest BCUT2D eigenvalue weighted by molar-refractivity contribution is 5.99. The normalized spacial score (nSPS) is 13.7. The molecule has 1 aliphatic rings. The first kappa shape index (κ1) is 31.8. The molecule has 0 unspecified atom stereocenters. The number of amides is 1. The Morgan fingerprint density at radius 2 is 1.36 bits per heavy atom. The molecule has 4 aromatic rings. The molecule has 5 rings (SSSR count). The second-order valence-corrected chi connectivity index (χ2v) is 11.1. The van der Waals surface area contributed by atoms with Gasteiger partial charge in [0.25, 0.3) is 0 Å². The van der Waals surface area contributed by atoms with Crippen molar-refractivity contribution in [3.05, 3.63) is 131 Å². The van der Waals surface area contributed by atoms with Crippen molar-refractivity contribution in [2.75, 3.05) is 4.90 Å². The molecule has 0 aromatic heterocycles. The van der Waals surface area contributed by atoms with Crippen LogP contribution in [-0.2, 0) is 29.3 Å². The molecule has 0 atom stereocenters. The first-order valence-electron chi connectivity index (χ1n) is 14.9. The number of hydrogen-bond acceptors (Lipinski definition) is 4. The van der Waals surface area contributed by atoms with E-state index in [4.69, 9.17) is 9.47 Å². The molecular formula is C36H33F4NO4. The number of nitrogens with zero attached hydrogens (tertiary/aromatic N) is 1. The number of carbonyl (C=O) groups is 2. The van der Waals surface area contributed by atoms with Crippen molar-refractivity contribution in [2.24, 2.45) is 0 Å². The highest BCUT2D eigenvalue weighted by Crippen LogP contribution is 2.35. The summed E-state index contributed by atoms with van der Waals surface area (Å²) < 4.78 is 68.5. The van der Waals surface area contributed by atoms with Crippen LogP contribution >= 0.6 is 0 Å². The van der Waals surface area contributed by atoms with Crippen LogP contribution in [0, 0.1) is 5.82 Å². The van der Waals surface area contributed by atoms with E-state index in [1.54, 1.807) is 72.8 Å². The maximum Gasteiger partial charge on any atom is 0.471 e. The van der Waals surface area contributed by atoms with Crippen LogP contribution in [0.1, 0.15) is 70.6 Å². The summed E-state index contributed by atoms with van der Waals surface area (Å²) >= 11 is 0. The van der Waals surface area contributed by atoms with Crippen LogP contribution in [0.2, 0.25) is 0 Å². The molecule has 45 heavy (non-hydrogen) atoms. The molecule has 1 fully saturated rings. The van der Waals surface area contributed by atoms with Crippen LogP contribution in [0.5, 0.6) is 5.75 Å². The van der Waals surface area contributed by atoms with Crippen molar-refractivity contribution in [1.29, 1.82) is 0 Å². The number of halogens is 4. The van der Waals surface area contributed by atoms with E-state index in [0.29, 0.717) is 27.5 Å². The van der Waals surface area contributed by atoms with Crippen LogP contribution in [0.15, 0.2) is 97.1 Å². The zero-order chi connectivity index (χ0) is 31.8. The average molecular weight is 620 g/mol. The predicted octanol–water partition coefficient (Wildman–Crippen LogP) is 8.90. The molecule has 0 saturated heterocycles. The van der Waals surface area contributed by atoms with Gasteiger partial charge < -0.3 is 9.47 Å². The van der Waals surface area contributed by atoms with Crippen molar-refractivity contribution in [3.8, 4) is 5.75 Å². The predicted molar refractivity (Wildman–Crippen MR) is 162 cm³/mol. The monoisotopic (exact) mass is 619 g/mol. The fourth-order valence-corrected chi connectivity index (χ4v) is 5.50. The SMILES string of the molecule is O=C(OCc1ccccc1)c1cc(F)c(N(Cc2ccc(C3CCCCC3)cc2)C(=O)C(F)(F)F)cc1OCc1ccccc1. The number of rotatable bonds is 10. The molecule has 0 bridgehead atoms. The van der Waals surface area contributed by atoms with Gasteiger partial charge in [-0.3, -0.25) is 9.69 Å². The number of benzene rings is 4. The van der Waals surface area contributed by atoms with Gasteiger partial charge in [-0.25, -0.2) is 9.18 Å². The first-order chi connectivity index (χ1) is 21.7. The summed E-state index contributed by atoms with van der Waals surface area (Å²) in [5, 5.41) is 0. The lowest BCUT2D eigenvalue weighted by atomic mass is 9.84. The number of ether oxygens (including phenoxy) is 2. The minimum Gasteiger partial charge on any atom is -0.488 e. The molecule has 0 radical (unpaired) electrons. The Labute approximate surface area is 259 Å². The largest absolute Gasteiger partial charge is 0.488 e. The minimum absolute atomic E-state index is 0.0687. The van der Waals surface area contributed by atoms with Crippen molar-refractivity contribution in [1.82, 2.24) is 0 Å². The first-order valence-corrected chi connectivity index (χ1v) is 14.9. The van der Waals surface area contributed by atoms with Gasteiger partial charge in [-0.15, -0.1) is 0 Å². The van der Waals surface area contributed by atoms with Crippen molar-refractivity contribution >= 4 is 17.6 Å². The van der Waals surface area contributed by atoms with Gasteiger partial charge in [-0.1, -0.05) is 104 Å². The average Bonchev–Trinajstić information content (AvgIpc) is 3.06.